The van der Waals surface area contributed by atoms with E-state index in [1.807, 2.05) is 0 Å². The lowest BCUT2D eigenvalue weighted by Crippen LogP contribution is -1.85. The predicted octanol–water partition coefficient (Wildman–Crippen LogP) is 2.53. The summed E-state index contributed by atoms with van der Waals surface area (Å²) in [7, 11) is 1.70. The minimum Gasteiger partial charge on any atom is -0.363 e. The molecule has 0 amide bonds. The normalized spacial score (nSPS) is 10.3. The van der Waals surface area contributed by atoms with Crippen molar-refractivity contribution in [3.05, 3.63) is 29.8 Å². The Balaban J connectivity index is 2.44. The molecular formula is C9H7F2N3S. The maximum Gasteiger partial charge on any atom is 0.205 e. The summed E-state index contributed by atoms with van der Waals surface area (Å²) < 4.78 is 26.0. The Kier molecular flexibility index (Phi) is 2.59. The molecule has 15 heavy (non-hydrogen) atoms. The summed E-state index contributed by atoms with van der Waals surface area (Å²) in [6.07, 6.45) is 0. The topological polar surface area (TPSA) is 37.8 Å². The number of anilines is 1. The average Bonchev–Trinajstić information content (AvgIpc) is 2.66. The van der Waals surface area contributed by atoms with Gasteiger partial charge < -0.3 is 5.32 Å². The Morgan fingerprint density at radius 1 is 1.27 bits per heavy atom. The summed E-state index contributed by atoms with van der Waals surface area (Å²) in [5.74, 6) is -1.23. The predicted molar refractivity (Wildman–Crippen MR) is 54.8 cm³/mol. The van der Waals surface area contributed by atoms with E-state index < -0.39 is 11.6 Å². The highest BCUT2D eigenvalue weighted by Gasteiger charge is 2.11. The molecule has 3 nitrogen and oxygen atoms in total. The molecule has 0 spiro atoms. The molecule has 6 heteroatoms. The number of benzene rings is 1. The minimum absolute atomic E-state index is 0.260. The molecule has 0 radical (unpaired) electrons. The van der Waals surface area contributed by atoms with E-state index in [1.54, 1.807) is 7.05 Å². The first-order valence-corrected chi connectivity index (χ1v) is 4.99. The Bertz CT molecular complexity index is 484. The number of rotatable bonds is 2. The van der Waals surface area contributed by atoms with E-state index in [2.05, 4.69) is 15.5 Å². The second-order valence-electron chi connectivity index (χ2n) is 2.79. The lowest BCUT2D eigenvalue weighted by Gasteiger charge is -1.97. The molecule has 0 saturated carbocycles. The van der Waals surface area contributed by atoms with E-state index in [0.717, 1.165) is 6.07 Å². The van der Waals surface area contributed by atoms with Crippen LogP contribution in [0.15, 0.2) is 18.2 Å². The van der Waals surface area contributed by atoms with E-state index >= 15 is 0 Å². The van der Waals surface area contributed by atoms with Crippen molar-refractivity contribution in [1.29, 1.82) is 0 Å². The van der Waals surface area contributed by atoms with Gasteiger partial charge in [0.2, 0.25) is 5.13 Å². The van der Waals surface area contributed by atoms with Crippen molar-refractivity contribution in [1.82, 2.24) is 10.2 Å². The lowest BCUT2D eigenvalue weighted by atomic mass is 10.2. The van der Waals surface area contributed by atoms with Crippen molar-refractivity contribution in [2.45, 2.75) is 0 Å². The highest BCUT2D eigenvalue weighted by molar-refractivity contribution is 7.18. The molecule has 2 aromatic rings. The Morgan fingerprint density at radius 2 is 2.07 bits per heavy atom. The van der Waals surface area contributed by atoms with Gasteiger partial charge in [-0.2, -0.15) is 0 Å². The third kappa shape index (κ3) is 1.94. The SMILES string of the molecule is CNc1nnc(-c2ccc(F)cc2F)s1. The van der Waals surface area contributed by atoms with Crippen LogP contribution in [0, 0.1) is 11.6 Å². The van der Waals surface area contributed by atoms with Gasteiger partial charge in [-0.1, -0.05) is 11.3 Å². The first-order valence-electron chi connectivity index (χ1n) is 4.17. The van der Waals surface area contributed by atoms with Gasteiger partial charge in [-0.25, -0.2) is 8.78 Å². The van der Waals surface area contributed by atoms with Crippen molar-refractivity contribution in [2.75, 3.05) is 12.4 Å². The van der Waals surface area contributed by atoms with Crippen LogP contribution in [-0.4, -0.2) is 17.2 Å². The molecule has 0 aliphatic rings. The molecule has 0 bridgehead atoms. The van der Waals surface area contributed by atoms with Crippen molar-refractivity contribution >= 4 is 16.5 Å². The van der Waals surface area contributed by atoms with Gasteiger partial charge in [0, 0.05) is 18.7 Å². The number of halogens is 2. The zero-order chi connectivity index (χ0) is 10.8. The number of nitrogens with zero attached hydrogens (tertiary/aromatic N) is 2. The summed E-state index contributed by atoms with van der Waals surface area (Å²) in [5, 5.41) is 11.4. The van der Waals surface area contributed by atoms with E-state index in [-0.39, 0.29) is 5.56 Å². The number of nitrogens with one attached hydrogen (secondary N) is 1. The van der Waals surface area contributed by atoms with Crippen LogP contribution in [0.1, 0.15) is 0 Å². The molecule has 0 aliphatic carbocycles. The first kappa shape index (κ1) is 9.97. The maximum absolute atomic E-state index is 13.3. The zero-order valence-corrected chi connectivity index (χ0v) is 8.61. The Labute approximate surface area is 88.8 Å². The van der Waals surface area contributed by atoms with Gasteiger partial charge in [0.25, 0.3) is 0 Å². The quantitative estimate of drug-likeness (QED) is 0.856. The highest BCUT2D eigenvalue weighted by Crippen LogP contribution is 2.28. The molecule has 0 saturated heterocycles. The van der Waals surface area contributed by atoms with Crippen LogP contribution in [0.25, 0.3) is 10.6 Å². The first-order chi connectivity index (χ1) is 7.20. The van der Waals surface area contributed by atoms with Gasteiger partial charge in [-0.3, -0.25) is 0 Å². The molecule has 0 aliphatic heterocycles. The van der Waals surface area contributed by atoms with Crippen molar-refractivity contribution in [2.24, 2.45) is 0 Å². The monoisotopic (exact) mass is 227 g/mol. The van der Waals surface area contributed by atoms with Crippen molar-refractivity contribution < 1.29 is 8.78 Å². The Hall–Kier alpha value is -1.56. The largest absolute Gasteiger partial charge is 0.363 e. The third-order valence-corrected chi connectivity index (χ3v) is 2.77. The van der Waals surface area contributed by atoms with Crippen LogP contribution in [0.3, 0.4) is 0 Å². The summed E-state index contributed by atoms with van der Waals surface area (Å²) >= 11 is 1.21. The molecule has 0 unspecified atom stereocenters. The minimum atomic E-state index is -0.631. The van der Waals surface area contributed by atoms with E-state index in [9.17, 15) is 8.78 Å². The van der Waals surface area contributed by atoms with Gasteiger partial charge in [0.15, 0.2) is 5.01 Å². The van der Waals surface area contributed by atoms with Gasteiger partial charge >= 0.3 is 0 Å². The van der Waals surface area contributed by atoms with Crippen LogP contribution < -0.4 is 5.32 Å². The molecule has 1 heterocycles. The van der Waals surface area contributed by atoms with Crippen LogP contribution >= 0.6 is 11.3 Å². The van der Waals surface area contributed by atoms with E-state index in [1.165, 1.54) is 23.5 Å². The standard InChI is InChI=1S/C9H7F2N3S/c1-12-9-14-13-8(15-9)6-3-2-5(10)4-7(6)11/h2-4H,1H3,(H,12,14). The zero-order valence-electron chi connectivity index (χ0n) is 7.79. The summed E-state index contributed by atoms with van der Waals surface area (Å²) in [4.78, 5) is 0. The fourth-order valence-corrected chi connectivity index (χ4v) is 1.82. The maximum atomic E-state index is 13.3. The third-order valence-electron chi connectivity index (χ3n) is 1.80. The molecule has 1 N–H and O–H groups in total. The smallest absolute Gasteiger partial charge is 0.205 e. The fraction of sp³-hybridized carbons (Fsp3) is 0.111. The van der Waals surface area contributed by atoms with E-state index in [0.29, 0.717) is 10.1 Å². The van der Waals surface area contributed by atoms with Crippen molar-refractivity contribution in [3.63, 3.8) is 0 Å². The molecule has 1 aromatic heterocycles. The summed E-state index contributed by atoms with van der Waals surface area (Å²) in [6, 6.07) is 3.37. The molecule has 1 aromatic carbocycles. The highest BCUT2D eigenvalue weighted by atomic mass is 32.1. The Morgan fingerprint density at radius 3 is 2.67 bits per heavy atom. The second-order valence-corrected chi connectivity index (χ2v) is 3.76. The second kappa shape index (κ2) is 3.90. The molecule has 78 valence electrons. The number of hydrogen-bond donors (Lipinski definition) is 1. The van der Waals surface area contributed by atoms with Crippen LogP contribution in [0.5, 0.6) is 0 Å². The van der Waals surface area contributed by atoms with Gasteiger partial charge in [-0.05, 0) is 12.1 Å². The van der Waals surface area contributed by atoms with Crippen molar-refractivity contribution in [3.8, 4) is 10.6 Å². The van der Waals surface area contributed by atoms with Gasteiger partial charge in [-0.15, -0.1) is 10.2 Å². The van der Waals surface area contributed by atoms with E-state index in [4.69, 9.17) is 0 Å². The van der Waals surface area contributed by atoms with Gasteiger partial charge in [0.1, 0.15) is 11.6 Å². The molecular weight excluding hydrogens is 220 g/mol. The summed E-state index contributed by atoms with van der Waals surface area (Å²) in [5.41, 5.74) is 0.260. The lowest BCUT2D eigenvalue weighted by molar-refractivity contribution is 0.585. The molecule has 0 atom stereocenters. The summed E-state index contributed by atoms with van der Waals surface area (Å²) in [6.45, 7) is 0. The molecule has 2 rings (SSSR count). The molecule has 0 fully saturated rings. The number of hydrogen-bond acceptors (Lipinski definition) is 4. The average molecular weight is 227 g/mol. The number of aromatic nitrogens is 2. The van der Waals surface area contributed by atoms with Crippen LogP contribution in [0.4, 0.5) is 13.9 Å². The van der Waals surface area contributed by atoms with Crippen LogP contribution in [-0.2, 0) is 0 Å². The van der Waals surface area contributed by atoms with Crippen LogP contribution in [0.2, 0.25) is 0 Å². The van der Waals surface area contributed by atoms with Gasteiger partial charge in [0.05, 0.1) is 0 Å². The fourth-order valence-electron chi connectivity index (χ4n) is 1.10.